The molecular formula is C28H26F3N5O2. The summed E-state index contributed by atoms with van der Waals surface area (Å²) < 4.78 is 41.9. The molecule has 2 aliphatic heterocycles. The minimum atomic E-state index is -1.26. The molecule has 38 heavy (non-hydrogen) atoms. The second kappa shape index (κ2) is 10.1. The third-order valence-corrected chi connectivity index (χ3v) is 7.45. The average Bonchev–Trinajstić information content (AvgIpc) is 2.87. The molecule has 2 heterocycles. The summed E-state index contributed by atoms with van der Waals surface area (Å²) in [5, 5.41) is 27.3. The van der Waals surface area contributed by atoms with E-state index >= 15 is 0 Å². The van der Waals surface area contributed by atoms with Crippen LogP contribution in [0.3, 0.4) is 0 Å². The molecule has 5 N–H and O–H groups in total. The van der Waals surface area contributed by atoms with Crippen LogP contribution < -0.4 is 16.4 Å². The maximum atomic E-state index is 14.9. The number of anilines is 1. The lowest BCUT2D eigenvalue weighted by Gasteiger charge is -2.53. The van der Waals surface area contributed by atoms with Gasteiger partial charge >= 0.3 is 6.03 Å². The van der Waals surface area contributed by atoms with Crippen LogP contribution in [-0.2, 0) is 12.1 Å². The van der Waals surface area contributed by atoms with E-state index in [4.69, 9.17) is 5.73 Å². The number of carbonyl (C=O) groups is 1. The Balaban J connectivity index is 1.38. The molecule has 2 aliphatic rings. The summed E-state index contributed by atoms with van der Waals surface area (Å²) in [6.45, 7) is 1.42. The van der Waals surface area contributed by atoms with Gasteiger partial charge in [-0.15, -0.1) is 0 Å². The summed E-state index contributed by atoms with van der Waals surface area (Å²) in [6, 6.07) is 14.0. The summed E-state index contributed by atoms with van der Waals surface area (Å²) in [5.74, 6) is -2.88. The van der Waals surface area contributed by atoms with Crippen LogP contribution in [0.1, 0.15) is 16.7 Å². The summed E-state index contributed by atoms with van der Waals surface area (Å²) in [4.78, 5) is 14.4. The molecule has 2 saturated heterocycles. The number of nitrogens with one attached hydrogen (secondary N) is 2. The van der Waals surface area contributed by atoms with E-state index in [1.165, 1.54) is 11.0 Å². The molecule has 7 nitrogen and oxygen atoms in total. The van der Waals surface area contributed by atoms with Gasteiger partial charge in [0.1, 0.15) is 23.1 Å². The Hall–Kier alpha value is -3.91. The van der Waals surface area contributed by atoms with Gasteiger partial charge < -0.3 is 26.4 Å². The standard InChI is InChI=1S/C28H26F3N5O2/c29-22-7-23(30)9-24(8-22)35-27(37)36-14-20-12-34-13-21(15-36)28(20,38)19-3-1-17(2-4-19)26-18(11-33)5-16(10-32)6-25(26)31/h1-9,20-21,34,38H,10,12-15,32H2,(H,35,37). The fourth-order valence-corrected chi connectivity index (χ4v) is 5.62. The van der Waals surface area contributed by atoms with Gasteiger partial charge in [-0.25, -0.2) is 18.0 Å². The maximum Gasteiger partial charge on any atom is 0.321 e. The van der Waals surface area contributed by atoms with Crippen LogP contribution in [-0.4, -0.2) is 42.2 Å². The molecule has 0 spiro atoms. The van der Waals surface area contributed by atoms with Crippen molar-refractivity contribution >= 4 is 11.7 Å². The topological polar surface area (TPSA) is 114 Å². The number of nitrogens with zero attached hydrogens (tertiary/aromatic N) is 2. The summed E-state index contributed by atoms with van der Waals surface area (Å²) in [7, 11) is 0. The molecule has 3 aromatic rings. The lowest BCUT2D eigenvalue weighted by Crippen LogP contribution is -2.65. The van der Waals surface area contributed by atoms with Gasteiger partial charge in [-0.1, -0.05) is 24.3 Å². The average molecular weight is 522 g/mol. The first-order valence-electron chi connectivity index (χ1n) is 12.2. The van der Waals surface area contributed by atoms with Gasteiger partial charge in [-0.3, -0.25) is 0 Å². The maximum absolute atomic E-state index is 14.9. The van der Waals surface area contributed by atoms with Crippen molar-refractivity contribution in [1.29, 1.82) is 5.26 Å². The van der Waals surface area contributed by atoms with E-state index in [9.17, 15) is 28.3 Å². The van der Waals surface area contributed by atoms with Crippen LogP contribution in [0, 0.1) is 40.6 Å². The predicted molar refractivity (Wildman–Crippen MR) is 135 cm³/mol. The third kappa shape index (κ3) is 4.60. The summed E-state index contributed by atoms with van der Waals surface area (Å²) >= 11 is 0. The van der Waals surface area contributed by atoms with E-state index in [1.807, 2.05) is 6.07 Å². The molecule has 5 rings (SSSR count). The zero-order chi connectivity index (χ0) is 27.0. The van der Waals surface area contributed by atoms with Crippen molar-refractivity contribution in [3.8, 4) is 17.2 Å². The number of fused-ring (bicyclic) bond motifs is 2. The van der Waals surface area contributed by atoms with Crippen LogP contribution >= 0.6 is 0 Å². The second-order valence-corrected chi connectivity index (χ2v) is 9.76. The number of halogens is 3. The van der Waals surface area contributed by atoms with Crippen molar-refractivity contribution in [2.75, 3.05) is 31.5 Å². The van der Waals surface area contributed by atoms with Crippen molar-refractivity contribution in [3.05, 3.63) is 88.7 Å². The van der Waals surface area contributed by atoms with E-state index in [2.05, 4.69) is 10.6 Å². The Morgan fingerprint density at radius 3 is 2.29 bits per heavy atom. The Morgan fingerprint density at radius 2 is 1.71 bits per heavy atom. The zero-order valence-corrected chi connectivity index (χ0v) is 20.3. The van der Waals surface area contributed by atoms with Crippen LogP contribution in [0.2, 0.25) is 0 Å². The molecule has 2 amide bonds. The first-order valence-corrected chi connectivity index (χ1v) is 12.2. The molecule has 3 aromatic carbocycles. The molecule has 196 valence electrons. The van der Waals surface area contributed by atoms with Crippen molar-refractivity contribution in [2.24, 2.45) is 17.6 Å². The molecule has 2 unspecified atom stereocenters. The highest BCUT2D eigenvalue weighted by Gasteiger charge is 2.52. The monoisotopic (exact) mass is 521 g/mol. The highest BCUT2D eigenvalue weighted by atomic mass is 19.1. The number of nitrogens with two attached hydrogens (primary N) is 1. The number of hydrogen-bond donors (Lipinski definition) is 4. The molecule has 0 radical (unpaired) electrons. The number of nitriles is 1. The SMILES string of the molecule is N#Cc1cc(CN)cc(F)c1-c1ccc(C2(O)C3CNCC2CN(C(=O)Nc2cc(F)cc(F)c2)C3)cc1. The molecule has 0 saturated carbocycles. The molecular weight excluding hydrogens is 495 g/mol. The Kier molecular flexibility index (Phi) is 6.84. The van der Waals surface area contributed by atoms with Gasteiger partial charge in [0.25, 0.3) is 0 Å². The van der Waals surface area contributed by atoms with E-state index < -0.39 is 29.1 Å². The quantitative estimate of drug-likeness (QED) is 0.418. The fourth-order valence-electron chi connectivity index (χ4n) is 5.62. The molecule has 0 aliphatic carbocycles. The molecule has 2 bridgehead atoms. The number of hydrogen-bond acceptors (Lipinski definition) is 5. The lowest BCUT2D eigenvalue weighted by atomic mass is 9.67. The third-order valence-electron chi connectivity index (χ3n) is 7.45. The van der Waals surface area contributed by atoms with E-state index in [-0.39, 0.29) is 48.3 Å². The number of amides is 2. The highest BCUT2D eigenvalue weighted by Crippen LogP contribution is 2.44. The van der Waals surface area contributed by atoms with Crippen molar-refractivity contribution in [2.45, 2.75) is 12.1 Å². The Bertz CT molecular complexity index is 1390. The van der Waals surface area contributed by atoms with Gasteiger partial charge in [0.2, 0.25) is 0 Å². The number of carbonyl (C=O) groups excluding carboxylic acids is 1. The molecule has 10 heteroatoms. The van der Waals surface area contributed by atoms with Crippen molar-refractivity contribution in [1.82, 2.24) is 10.2 Å². The largest absolute Gasteiger partial charge is 0.384 e. The molecule has 0 aromatic heterocycles. The number of aliphatic hydroxyl groups is 1. The smallest absolute Gasteiger partial charge is 0.321 e. The van der Waals surface area contributed by atoms with Crippen molar-refractivity contribution < 1.29 is 23.1 Å². The van der Waals surface area contributed by atoms with Crippen LogP contribution in [0.5, 0.6) is 0 Å². The van der Waals surface area contributed by atoms with Crippen LogP contribution in [0.25, 0.3) is 11.1 Å². The molecule has 2 fully saturated rings. The minimum absolute atomic E-state index is 0.00988. The van der Waals surface area contributed by atoms with E-state index in [0.29, 0.717) is 29.8 Å². The number of urea groups is 1. The number of rotatable bonds is 4. The van der Waals surface area contributed by atoms with Crippen LogP contribution in [0.15, 0.2) is 54.6 Å². The first kappa shape index (κ1) is 25.7. The van der Waals surface area contributed by atoms with Gasteiger partial charge in [-0.2, -0.15) is 5.26 Å². The second-order valence-electron chi connectivity index (χ2n) is 9.76. The summed E-state index contributed by atoms with van der Waals surface area (Å²) in [5.41, 5.74) is 6.35. The van der Waals surface area contributed by atoms with Gasteiger partial charge in [0, 0.05) is 61.9 Å². The number of benzene rings is 3. The lowest BCUT2D eigenvalue weighted by molar-refractivity contribution is -0.129. The van der Waals surface area contributed by atoms with Crippen molar-refractivity contribution in [3.63, 3.8) is 0 Å². The fraction of sp³-hybridized carbons (Fsp3) is 0.286. The Labute approximate surface area is 217 Å². The Morgan fingerprint density at radius 1 is 1.08 bits per heavy atom. The minimum Gasteiger partial charge on any atom is -0.384 e. The van der Waals surface area contributed by atoms with Gasteiger partial charge in [-0.05, 0) is 41.0 Å². The first-order chi connectivity index (χ1) is 18.2. The predicted octanol–water partition coefficient (Wildman–Crippen LogP) is 3.67. The summed E-state index contributed by atoms with van der Waals surface area (Å²) in [6.07, 6.45) is 0. The highest BCUT2D eigenvalue weighted by molar-refractivity contribution is 5.89. The van der Waals surface area contributed by atoms with E-state index in [0.717, 1.165) is 18.2 Å². The number of likely N-dealkylation sites (tertiary alicyclic amines) is 1. The number of piperidine rings is 2. The normalized spacial score (nSPS) is 22.6. The van der Waals surface area contributed by atoms with Crippen LogP contribution in [0.4, 0.5) is 23.7 Å². The van der Waals surface area contributed by atoms with Gasteiger partial charge in [0.05, 0.1) is 11.6 Å². The molecule has 2 atom stereocenters. The van der Waals surface area contributed by atoms with Gasteiger partial charge in [0.15, 0.2) is 0 Å². The van der Waals surface area contributed by atoms with E-state index in [1.54, 1.807) is 30.3 Å². The zero-order valence-electron chi connectivity index (χ0n) is 20.3.